The molecule has 0 nitrogen and oxygen atoms in total. The summed E-state index contributed by atoms with van der Waals surface area (Å²) in [6.45, 7) is 2.21. The van der Waals surface area contributed by atoms with Gasteiger partial charge in [-0.3, -0.25) is 0 Å². The normalized spacial score (nSPS) is 15.4. The standard InChI is InChI=1S/C18H14/c1-12-6-4-10-16-14-7-2-3-8-15(14)17-11-5-9-13(12)18(16)17/h2-9,11H,10H2,1H3. The molecule has 0 heterocycles. The van der Waals surface area contributed by atoms with Crippen LogP contribution in [0.1, 0.15) is 18.9 Å². The number of fused-ring (bicyclic) bond motifs is 3. The maximum Gasteiger partial charge on any atom is -0.00611 e. The van der Waals surface area contributed by atoms with E-state index in [4.69, 9.17) is 0 Å². The first-order valence-corrected chi connectivity index (χ1v) is 6.46. The van der Waals surface area contributed by atoms with Crippen LogP contribution in [0.4, 0.5) is 0 Å². The van der Waals surface area contributed by atoms with Crippen molar-refractivity contribution in [3.63, 3.8) is 0 Å². The van der Waals surface area contributed by atoms with Crippen molar-refractivity contribution >= 4 is 11.1 Å². The van der Waals surface area contributed by atoms with Gasteiger partial charge in [0, 0.05) is 0 Å². The zero-order chi connectivity index (χ0) is 12.1. The van der Waals surface area contributed by atoms with Crippen molar-refractivity contribution in [2.45, 2.75) is 13.3 Å². The van der Waals surface area contributed by atoms with Crippen LogP contribution in [0.2, 0.25) is 0 Å². The molecule has 0 atom stereocenters. The van der Waals surface area contributed by atoms with E-state index >= 15 is 0 Å². The Labute approximate surface area is 107 Å². The molecule has 86 valence electrons. The van der Waals surface area contributed by atoms with E-state index in [0.717, 1.165) is 6.42 Å². The van der Waals surface area contributed by atoms with Gasteiger partial charge < -0.3 is 0 Å². The average Bonchev–Trinajstić information content (AvgIpc) is 2.63. The molecular formula is C18H14. The second kappa shape index (κ2) is 3.46. The van der Waals surface area contributed by atoms with E-state index in [2.05, 4.69) is 61.5 Å². The Morgan fingerprint density at radius 1 is 0.833 bits per heavy atom. The maximum atomic E-state index is 2.29. The SMILES string of the molecule is CC1=c2cccc3c2=C(CC=C1)c1ccccc1-3. The molecular weight excluding hydrogens is 216 g/mol. The number of hydrogen-bond donors (Lipinski definition) is 0. The highest BCUT2D eigenvalue weighted by atomic mass is 14.2. The van der Waals surface area contributed by atoms with Gasteiger partial charge >= 0.3 is 0 Å². The summed E-state index contributed by atoms with van der Waals surface area (Å²) in [7, 11) is 0. The van der Waals surface area contributed by atoms with Crippen LogP contribution in [0, 0.1) is 0 Å². The predicted octanol–water partition coefficient (Wildman–Crippen LogP) is 3.00. The van der Waals surface area contributed by atoms with Gasteiger partial charge in [-0.15, -0.1) is 0 Å². The Bertz CT molecular complexity index is 804. The van der Waals surface area contributed by atoms with E-state index < -0.39 is 0 Å². The Morgan fingerprint density at radius 3 is 2.50 bits per heavy atom. The first-order chi connectivity index (χ1) is 8.86. The molecule has 18 heavy (non-hydrogen) atoms. The Balaban J connectivity index is 2.29. The Kier molecular flexibility index (Phi) is 1.90. The Morgan fingerprint density at radius 2 is 1.61 bits per heavy atom. The molecule has 2 aromatic rings. The summed E-state index contributed by atoms with van der Waals surface area (Å²) in [5.41, 5.74) is 7.08. The van der Waals surface area contributed by atoms with Gasteiger partial charge in [-0.05, 0) is 51.6 Å². The predicted molar refractivity (Wildman–Crippen MR) is 76.5 cm³/mol. The van der Waals surface area contributed by atoms with Crippen LogP contribution >= 0.6 is 0 Å². The highest BCUT2D eigenvalue weighted by Gasteiger charge is 2.19. The lowest BCUT2D eigenvalue weighted by molar-refractivity contribution is 1.39. The highest BCUT2D eigenvalue weighted by molar-refractivity contribution is 5.90. The fourth-order valence-corrected chi connectivity index (χ4v) is 3.20. The van der Waals surface area contributed by atoms with Crippen LogP contribution in [-0.2, 0) is 0 Å². The summed E-state index contributed by atoms with van der Waals surface area (Å²) in [5, 5.41) is 2.86. The van der Waals surface area contributed by atoms with Gasteiger partial charge in [0.1, 0.15) is 0 Å². The molecule has 0 N–H and O–H groups in total. The van der Waals surface area contributed by atoms with Crippen molar-refractivity contribution in [3.8, 4) is 11.1 Å². The van der Waals surface area contributed by atoms with Crippen LogP contribution in [0.3, 0.4) is 0 Å². The van der Waals surface area contributed by atoms with Gasteiger partial charge in [-0.25, -0.2) is 0 Å². The maximum absolute atomic E-state index is 2.29. The third-order valence-electron chi connectivity index (χ3n) is 4.02. The van der Waals surface area contributed by atoms with Crippen LogP contribution in [0.15, 0.2) is 54.6 Å². The summed E-state index contributed by atoms with van der Waals surface area (Å²) in [6.07, 6.45) is 5.58. The van der Waals surface area contributed by atoms with Gasteiger partial charge in [-0.1, -0.05) is 54.6 Å². The zero-order valence-corrected chi connectivity index (χ0v) is 10.4. The van der Waals surface area contributed by atoms with Crippen molar-refractivity contribution in [2.75, 3.05) is 0 Å². The summed E-state index contributed by atoms with van der Waals surface area (Å²) < 4.78 is 0. The molecule has 0 bridgehead atoms. The lowest BCUT2D eigenvalue weighted by atomic mass is 10.0. The number of rotatable bonds is 0. The average molecular weight is 230 g/mol. The molecule has 4 rings (SSSR count). The smallest absolute Gasteiger partial charge is 0.00611 e. The molecule has 0 heteroatoms. The van der Waals surface area contributed by atoms with Crippen molar-refractivity contribution in [2.24, 2.45) is 0 Å². The van der Waals surface area contributed by atoms with Gasteiger partial charge in [0.2, 0.25) is 0 Å². The molecule has 0 unspecified atom stereocenters. The molecule has 2 aliphatic carbocycles. The second-order valence-electron chi connectivity index (χ2n) is 5.04. The molecule has 0 amide bonds. The second-order valence-corrected chi connectivity index (χ2v) is 5.04. The van der Waals surface area contributed by atoms with E-state index in [1.54, 1.807) is 0 Å². The number of hydrogen-bond acceptors (Lipinski definition) is 0. The summed E-state index contributed by atoms with van der Waals surface area (Å²) in [4.78, 5) is 0. The van der Waals surface area contributed by atoms with Gasteiger partial charge in [-0.2, -0.15) is 0 Å². The van der Waals surface area contributed by atoms with Crippen LogP contribution in [-0.4, -0.2) is 0 Å². The van der Waals surface area contributed by atoms with Crippen molar-refractivity contribution in [3.05, 3.63) is 70.6 Å². The van der Waals surface area contributed by atoms with E-state index in [1.807, 2.05) is 0 Å². The topological polar surface area (TPSA) is 0 Å². The van der Waals surface area contributed by atoms with E-state index in [0.29, 0.717) is 0 Å². The van der Waals surface area contributed by atoms with E-state index in [1.165, 1.54) is 38.3 Å². The van der Waals surface area contributed by atoms with Crippen LogP contribution < -0.4 is 10.4 Å². The molecule has 0 saturated heterocycles. The molecule has 0 saturated carbocycles. The summed E-state index contributed by atoms with van der Waals surface area (Å²) in [5.74, 6) is 0. The quantitative estimate of drug-likeness (QED) is 0.652. The molecule has 2 aliphatic rings. The monoisotopic (exact) mass is 230 g/mol. The number of benzene rings is 2. The summed E-state index contributed by atoms with van der Waals surface area (Å²) in [6, 6.07) is 15.4. The lowest BCUT2D eigenvalue weighted by Gasteiger charge is -2.03. The highest BCUT2D eigenvalue weighted by Crippen LogP contribution is 2.33. The fourth-order valence-electron chi connectivity index (χ4n) is 3.20. The molecule has 0 radical (unpaired) electrons. The first kappa shape index (κ1) is 9.90. The van der Waals surface area contributed by atoms with E-state index in [9.17, 15) is 0 Å². The molecule has 2 aromatic carbocycles. The van der Waals surface area contributed by atoms with E-state index in [-0.39, 0.29) is 0 Å². The van der Waals surface area contributed by atoms with Crippen LogP contribution in [0.25, 0.3) is 22.3 Å². The van der Waals surface area contributed by atoms with Gasteiger partial charge in [0.05, 0.1) is 0 Å². The first-order valence-electron chi connectivity index (χ1n) is 6.46. The van der Waals surface area contributed by atoms with Gasteiger partial charge in [0.25, 0.3) is 0 Å². The molecule has 0 aliphatic heterocycles. The fraction of sp³-hybridized carbons (Fsp3) is 0.111. The molecule has 0 aromatic heterocycles. The van der Waals surface area contributed by atoms with Crippen molar-refractivity contribution < 1.29 is 0 Å². The number of allylic oxidation sites excluding steroid dienone is 2. The van der Waals surface area contributed by atoms with Gasteiger partial charge in [0.15, 0.2) is 0 Å². The minimum Gasteiger partial charge on any atom is -0.0798 e. The molecule has 0 spiro atoms. The zero-order valence-electron chi connectivity index (χ0n) is 10.4. The van der Waals surface area contributed by atoms with Crippen LogP contribution in [0.5, 0.6) is 0 Å². The minimum atomic E-state index is 1.04. The minimum absolute atomic E-state index is 1.04. The Hall–Kier alpha value is -2.08. The van der Waals surface area contributed by atoms with Crippen molar-refractivity contribution in [1.82, 2.24) is 0 Å². The largest absolute Gasteiger partial charge is 0.0798 e. The lowest BCUT2D eigenvalue weighted by Crippen LogP contribution is -2.27. The third-order valence-corrected chi connectivity index (χ3v) is 4.02. The summed E-state index contributed by atoms with van der Waals surface area (Å²) >= 11 is 0. The van der Waals surface area contributed by atoms with Crippen molar-refractivity contribution in [1.29, 1.82) is 0 Å². The molecule has 0 fully saturated rings. The third kappa shape index (κ3) is 1.15.